The molecule has 1 saturated heterocycles. The Labute approximate surface area is 208 Å². The van der Waals surface area contributed by atoms with Gasteiger partial charge in [-0.3, -0.25) is 9.69 Å². The van der Waals surface area contributed by atoms with Gasteiger partial charge in [0.25, 0.3) is 5.92 Å². The van der Waals surface area contributed by atoms with Crippen LogP contribution in [0, 0.1) is 30.1 Å². The third-order valence-corrected chi connectivity index (χ3v) is 6.31. The minimum absolute atomic E-state index is 0.0493. The molecule has 0 bridgehead atoms. The Morgan fingerprint density at radius 1 is 1.03 bits per heavy atom. The Morgan fingerprint density at radius 3 is 2.08 bits per heavy atom. The molecule has 194 valence electrons. The van der Waals surface area contributed by atoms with Crippen LogP contribution in [-0.2, 0) is 11.0 Å². The number of carboxylic acid groups (broad SMARTS) is 1. The highest BCUT2D eigenvalue weighted by atomic mass is 19.4. The van der Waals surface area contributed by atoms with Gasteiger partial charge in [-0.25, -0.2) is 8.78 Å². The quantitative estimate of drug-likeness (QED) is 0.342. The lowest BCUT2D eigenvalue weighted by Crippen LogP contribution is -2.51. The van der Waals surface area contributed by atoms with E-state index in [2.05, 4.69) is 11.8 Å². The maximum absolute atomic E-state index is 15.6. The number of halogens is 5. The van der Waals surface area contributed by atoms with Crippen LogP contribution in [0.5, 0.6) is 0 Å². The van der Waals surface area contributed by atoms with Crippen LogP contribution < -0.4 is 0 Å². The van der Waals surface area contributed by atoms with E-state index in [0.29, 0.717) is 11.1 Å². The molecule has 1 N–H and O–H groups in total. The van der Waals surface area contributed by atoms with Gasteiger partial charge in [-0.2, -0.15) is 13.2 Å². The first-order valence-electron chi connectivity index (χ1n) is 11.7. The summed E-state index contributed by atoms with van der Waals surface area (Å²) in [5.74, 6) is -0.134. The maximum atomic E-state index is 15.6. The third-order valence-electron chi connectivity index (χ3n) is 6.31. The minimum Gasteiger partial charge on any atom is -0.481 e. The average Bonchev–Trinajstić information content (AvgIpc) is 2.75. The van der Waals surface area contributed by atoms with Crippen LogP contribution in [0.15, 0.2) is 48.5 Å². The van der Waals surface area contributed by atoms with Crippen molar-refractivity contribution in [2.24, 2.45) is 11.3 Å². The normalized spacial score (nSPS) is 22.5. The number of likely N-dealkylation sites (tertiary alicyclic amines) is 1. The first-order chi connectivity index (χ1) is 16.6. The van der Waals surface area contributed by atoms with Crippen LogP contribution in [0.3, 0.4) is 0 Å². The topological polar surface area (TPSA) is 40.5 Å². The average molecular weight is 508 g/mol. The summed E-state index contributed by atoms with van der Waals surface area (Å²) in [5.41, 5.74) is 0.497. The molecule has 0 unspecified atom stereocenters. The van der Waals surface area contributed by atoms with E-state index in [9.17, 15) is 23.1 Å². The highest BCUT2D eigenvalue weighted by Gasteiger charge is 2.55. The number of benzene rings is 2. The van der Waals surface area contributed by atoms with Gasteiger partial charge in [0.15, 0.2) is 0 Å². The monoisotopic (exact) mass is 507 g/mol. The first kappa shape index (κ1) is 27.7. The number of aliphatic carboxylic acids is 1. The smallest absolute Gasteiger partial charge is 0.416 e. The highest BCUT2D eigenvalue weighted by Crippen LogP contribution is 2.53. The molecule has 2 aromatic rings. The van der Waals surface area contributed by atoms with E-state index in [4.69, 9.17) is 0 Å². The van der Waals surface area contributed by atoms with E-state index in [-0.39, 0.29) is 12.0 Å². The van der Waals surface area contributed by atoms with Crippen molar-refractivity contribution in [1.82, 2.24) is 4.90 Å². The van der Waals surface area contributed by atoms with E-state index in [1.54, 1.807) is 29.2 Å². The van der Waals surface area contributed by atoms with Gasteiger partial charge in [0.1, 0.15) is 0 Å². The fourth-order valence-electron chi connectivity index (χ4n) is 4.63. The number of hydrogen-bond acceptors (Lipinski definition) is 2. The Balaban J connectivity index is 2.16. The summed E-state index contributed by atoms with van der Waals surface area (Å²) in [6.45, 7) is 7.62. The number of nitrogens with zero attached hydrogens (tertiary/aromatic N) is 1. The van der Waals surface area contributed by atoms with Crippen molar-refractivity contribution in [3.8, 4) is 11.8 Å². The molecule has 1 heterocycles. The van der Waals surface area contributed by atoms with Crippen LogP contribution in [-0.4, -0.2) is 28.4 Å². The van der Waals surface area contributed by atoms with Gasteiger partial charge >= 0.3 is 12.1 Å². The summed E-state index contributed by atoms with van der Waals surface area (Å²) in [7, 11) is 0. The lowest BCUT2D eigenvalue weighted by molar-refractivity contribution is -0.168. The van der Waals surface area contributed by atoms with Gasteiger partial charge < -0.3 is 5.11 Å². The van der Waals surface area contributed by atoms with Gasteiger partial charge in [-0.15, -0.1) is 0 Å². The summed E-state index contributed by atoms with van der Waals surface area (Å²) < 4.78 is 70.6. The molecule has 2 aromatic carbocycles. The molecule has 1 aliphatic heterocycles. The van der Waals surface area contributed by atoms with Crippen molar-refractivity contribution in [2.45, 2.75) is 64.7 Å². The molecular formula is C28H30F5NO2. The molecule has 1 aliphatic rings. The van der Waals surface area contributed by atoms with E-state index in [1.807, 2.05) is 27.7 Å². The summed E-state index contributed by atoms with van der Waals surface area (Å²) in [5, 5.41) is 9.48. The summed E-state index contributed by atoms with van der Waals surface area (Å²) in [6.07, 6.45) is -6.03. The van der Waals surface area contributed by atoms with Gasteiger partial charge in [-0.05, 0) is 51.0 Å². The van der Waals surface area contributed by atoms with Crippen molar-refractivity contribution < 1.29 is 31.9 Å². The predicted molar refractivity (Wildman–Crippen MR) is 127 cm³/mol. The molecule has 8 heteroatoms. The molecule has 3 atom stereocenters. The fraction of sp³-hybridized carbons (Fsp3) is 0.464. The maximum Gasteiger partial charge on any atom is 0.416 e. The summed E-state index contributed by atoms with van der Waals surface area (Å²) >= 11 is 0. The molecule has 3 nitrogen and oxygen atoms in total. The SMILES string of the molecule is Cc1ccc([C@@H]2[C@@H](CC(=O)O)C(F)(F)C[C@@H](c3ccc(C(F)(F)F)cc3)N2CC#CC(C)(C)C)cc1. The van der Waals surface area contributed by atoms with Gasteiger partial charge in [-0.1, -0.05) is 53.8 Å². The van der Waals surface area contributed by atoms with Crippen LogP contribution in [0.2, 0.25) is 0 Å². The summed E-state index contributed by atoms with van der Waals surface area (Å²) in [4.78, 5) is 13.4. The molecule has 0 spiro atoms. The molecular weight excluding hydrogens is 477 g/mol. The summed E-state index contributed by atoms with van der Waals surface area (Å²) in [6, 6.07) is 9.18. The number of carbonyl (C=O) groups is 1. The molecule has 1 fully saturated rings. The molecule has 0 amide bonds. The van der Waals surface area contributed by atoms with Crippen LogP contribution >= 0.6 is 0 Å². The van der Waals surface area contributed by atoms with E-state index < -0.39 is 54.5 Å². The molecule has 3 rings (SSSR count). The van der Waals surface area contributed by atoms with E-state index in [1.165, 1.54) is 12.1 Å². The third kappa shape index (κ3) is 6.64. The van der Waals surface area contributed by atoms with Crippen molar-refractivity contribution in [3.05, 3.63) is 70.8 Å². The number of rotatable bonds is 5. The lowest BCUT2D eigenvalue weighted by Gasteiger charge is -2.49. The van der Waals surface area contributed by atoms with Crippen LogP contribution in [0.1, 0.15) is 68.0 Å². The lowest BCUT2D eigenvalue weighted by atomic mass is 9.75. The molecule has 0 saturated carbocycles. The van der Waals surface area contributed by atoms with Crippen LogP contribution in [0.25, 0.3) is 0 Å². The second-order valence-electron chi connectivity index (χ2n) is 10.4. The Bertz CT molecular complexity index is 1120. The largest absolute Gasteiger partial charge is 0.481 e. The van der Waals surface area contributed by atoms with Gasteiger partial charge in [0.2, 0.25) is 0 Å². The van der Waals surface area contributed by atoms with Gasteiger partial charge in [0, 0.05) is 23.9 Å². The van der Waals surface area contributed by atoms with Crippen molar-refractivity contribution >= 4 is 5.97 Å². The zero-order chi connectivity index (χ0) is 26.9. The second kappa shape index (κ2) is 10.2. The number of aryl methyl sites for hydroxylation is 1. The van der Waals surface area contributed by atoms with Crippen molar-refractivity contribution in [1.29, 1.82) is 0 Å². The number of hydrogen-bond donors (Lipinski definition) is 1. The number of piperidine rings is 1. The van der Waals surface area contributed by atoms with E-state index in [0.717, 1.165) is 17.7 Å². The van der Waals surface area contributed by atoms with Crippen LogP contribution in [0.4, 0.5) is 22.0 Å². The first-order valence-corrected chi connectivity index (χ1v) is 11.7. The number of carboxylic acids is 1. The standard InChI is InChI=1S/C28H30F5NO2/c1-18-6-8-20(9-7-18)25-22(16-24(35)36)27(29,30)17-23(34(25)15-5-14-26(2,3)4)19-10-12-21(13-11-19)28(31,32)33/h6-13,22-23,25H,15-17H2,1-4H3,(H,35,36)/t22-,23+,25-/m1/s1. The predicted octanol–water partition coefficient (Wildman–Crippen LogP) is 7.28. The second-order valence-corrected chi connectivity index (χ2v) is 10.4. The molecule has 0 radical (unpaired) electrons. The molecule has 0 aliphatic carbocycles. The van der Waals surface area contributed by atoms with Crippen molar-refractivity contribution in [3.63, 3.8) is 0 Å². The fourth-order valence-corrected chi connectivity index (χ4v) is 4.63. The Morgan fingerprint density at radius 2 is 1.58 bits per heavy atom. The Kier molecular flexibility index (Phi) is 7.85. The highest BCUT2D eigenvalue weighted by molar-refractivity contribution is 5.67. The minimum atomic E-state index is -4.55. The van der Waals surface area contributed by atoms with Crippen molar-refractivity contribution in [2.75, 3.05) is 6.54 Å². The molecule has 0 aromatic heterocycles. The number of alkyl halides is 5. The van der Waals surface area contributed by atoms with Gasteiger partial charge in [0.05, 0.1) is 24.4 Å². The zero-order valence-electron chi connectivity index (χ0n) is 20.7. The molecule has 36 heavy (non-hydrogen) atoms. The zero-order valence-corrected chi connectivity index (χ0v) is 20.7. The Hall–Kier alpha value is -2.92. The van der Waals surface area contributed by atoms with E-state index >= 15 is 8.78 Å².